The molecule has 0 aliphatic carbocycles. The second-order valence-electron chi connectivity index (χ2n) is 3.00. The summed E-state index contributed by atoms with van der Waals surface area (Å²) < 4.78 is 6.90. The van der Waals surface area contributed by atoms with E-state index in [2.05, 4.69) is 10.1 Å². The molecule has 0 spiro atoms. The Hall–Kier alpha value is -1.88. The first-order chi connectivity index (χ1) is 7.36. The van der Waals surface area contributed by atoms with Crippen LogP contribution in [0, 0.1) is 0 Å². The van der Waals surface area contributed by atoms with E-state index in [-0.39, 0.29) is 0 Å². The van der Waals surface area contributed by atoms with Crippen molar-refractivity contribution < 1.29 is 4.74 Å². The molecular formula is C10H12N4O. The lowest BCUT2D eigenvalue weighted by Crippen LogP contribution is -2.06. The molecule has 0 unspecified atom stereocenters. The molecule has 78 valence electrons. The number of rotatable bonds is 3. The largest absolute Gasteiger partial charge is 0.496 e. The lowest BCUT2D eigenvalue weighted by Gasteiger charge is -2.11. The molecule has 5 nitrogen and oxygen atoms in total. The van der Waals surface area contributed by atoms with Crippen LogP contribution in [0.25, 0.3) is 5.69 Å². The highest BCUT2D eigenvalue weighted by Crippen LogP contribution is 2.23. The Bertz CT molecular complexity index is 439. The van der Waals surface area contributed by atoms with Gasteiger partial charge < -0.3 is 10.5 Å². The van der Waals surface area contributed by atoms with Crippen LogP contribution >= 0.6 is 0 Å². The maximum atomic E-state index is 5.69. The first-order valence-corrected chi connectivity index (χ1v) is 4.57. The van der Waals surface area contributed by atoms with Crippen molar-refractivity contribution in [1.82, 2.24) is 14.8 Å². The fraction of sp³-hybridized carbons (Fsp3) is 0.200. The lowest BCUT2D eigenvalue weighted by atomic mass is 10.1. The fourth-order valence-corrected chi connectivity index (χ4v) is 1.50. The Kier molecular flexibility index (Phi) is 2.64. The predicted octanol–water partition coefficient (Wildman–Crippen LogP) is 0.735. The van der Waals surface area contributed by atoms with Crippen LogP contribution in [-0.4, -0.2) is 21.9 Å². The zero-order valence-electron chi connectivity index (χ0n) is 8.42. The molecule has 1 aromatic carbocycles. The Labute approximate surface area is 87.5 Å². The van der Waals surface area contributed by atoms with Gasteiger partial charge in [0.05, 0.1) is 12.8 Å². The molecule has 0 saturated carbocycles. The Morgan fingerprint density at radius 1 is 1.47 bits per heavy atom. The van der Waals surface area contributed by atoms with Gasteiger partial charge >= 0.3 is 0 Å². The number of ether oxygens (including phenoxy) is 1. The van der Waals surface area contributed by atoms with Crippen molar-refractivity contribution in [1.29, 1.82) is 0 Å². The summed E-state index contributed by atoms with van der Waals surface area (Å²) in [6, 6.07) is 5.71. The van der Waals surface area contributed by atoms with Crippen molar-refractivity contribution >= 4 is 0 Å². The van der Waals surface area contributed by atoms with E-state index in [1.807, 2.05) is 18.2 Å². The molecule has 0 bridgehead atoms. The lowest BCUT2D eigenvalue weighted by molar-refractivity contribution is 0.409. The van der Waals surface area contributed by atoms with Crippen LogP contribution in [0.4, 0.5) is 0 Å². The monoisotopic (exact) mass is 204 g/mol. The SMILES string of the molecule is COc1cccc(-n2cncn2)c1CN. The molecule has 2 N–H and O–H groups in total. The number of nitrogens with two attached hydrogens (primary N) is 1. The van der Waals surface area contributed by atoms with Crippen molar-refractivity contribution in [3.05, 3.63) is 36.4 Å². The molecule has 0 fully saturated rings. The zero-order chi connectivity index (χ0) is 10.7. The normalized spacial score (nSPS) is 10.3. The van der Waals surface area contributed by atoms with Gasteiger partial charge in [0, 0.05) is 12.1 Å². The number of aromatic nitrogens is 3. The summed E-state index contributed by atoms with van der Waals surface area (Å²) in [5, 5.41) is 4.06. The molecular weight excluding hydrogens is 192 g/mol. The summed E-state index contributed by atoms with van der Waals surface area (Å²) in [4.78, 5) is 3.90. The molecule has 5 heteroatoms. The van der Waals surface area contributed by atoms with E-state index in [1.165, 1.54) is 6.33 Å². The molecule has 1 heterocycles. The molecule has 1 aromatic heterocycles. The molecule has 2 rings (SSSR count). The van der Waals surface area contributed by atoms with Gasteiger partial charge in [-0.1, -0.05) is 6.07 Å². The summed E-state index contributed by atoms with van der Waals surface area (Å²) in [6.45, 7) is 0.402. The van der Waals surface area contributed by atoms with Gasteiger partial charge in [-0.25, -0.2) is 9.67 Å². The van der Waals surface area contributed by atoms with E-state index >= 15 is 0 Å². The van der Waals surface area contributed by atoms with Crippen LogP contribution < -0.4 is 10.5 Å². The third kappa shape index (κ3) is 1.69. The van der Waals surface area contributed by atoms with Gasteiger partial charge in [-0.15, -0.1) is 0 Å². The summed E-state index contributed by atoms with van der Waals surface area (Å²) in [6.07, 6.45) is 3.12. The highest BCUT2D eigenvalue weighted by molar-refractivity contribution is 5.48. The second kappa shape index (κ2) is 4.10. The summed E-state index contributed by atoms with van der Waals surface area (Å²) >= 11 is 0. The molecule has 0 amide bonds. The Morgan fingerprint density at radius 2 is 2.33 bits per heavy atom. The predicted molar refractivity (Wildman–Crippen MR) is 55.8 cm³/mol. The summed E-state index contributed by atoms with van der Waals surface area (Å²) in [5.41, 5.74) is 7.51. The van der Waals surface area contributed by atoms with Crippen LogP contribution in [-0.2, 0) is 6.54 Å². The molecule has 0 aliphatic rings. The average Bonchev–Trinajstić information content (AvgIpc) is 2.81. The second-order valence-corrected chi connectivity index (χ2v) is 3.00. The summed E-state index contributed by atoms with van der Waals surface area (Å²) in [7, 11) is 1.62. The van der Waals surface area contributed by atoms with Crippen LogP contribution in [0.1, 0.15) is 5.56 Å². The number of hydrogen-bond donors (Lipinski definition) is 1. The van der Waals surface area contributed by atoms with Gasteiger partial charge in [0.15, 0.2) is 0 Å². The van der Waals surface area contributed by atoms with E-state index in [4.69, 9.17) is 10.5 Å². The van der Waals surface area contributed by atoms with E-state index in [0.717, 1.165) is 17.0 Å². The van der Waals surface area contributed by atoms with Gasteiger partial charge in [-0.05, 0) is 12.1 Å². The first kappa shape index (κ1) is 9.67. The number of hydrogen-bond acceptors (Lipinski definition) is 4. The number of methoxy groups -OCH3 is 1. The topological polar surface area (TPSA) is 66.0 Å². The quantitative estimate of drug-likeness (QED) is 0.800. The van der Waals surface area contributed by atoms with Crippen molar-refractivity contribution in [2.24, 2.45) is 5.73 Å². The highest BCUT2D eigenvalue weighted by atomic mass is 16.5. The number of nitrogens with zero attached hydrogens (tertiary/aromatic N) is 3. The van der Waals surface area contributed by atoms with Crippen LogP contribution in [0.5, 0.6) is 5.75 Å². The Balaban J connectivity index is 2.56. The minimum Gasteiger partial charge on any atom is -0.496 e. The van der Waals surface area contributed by atoms with Gasteiger partial charge in [0.25, 0.3) is 0 Å². The van der Waals surface area contributed by atoms with Crippen molar-refractivity contribution in [3.63, 3.8) is 0 Å². The van der Waals surface area contributed by atoms with Gasteiger partial charge in [-0.2, -0.15) is 5.10 Å². The van der Waals surface area contributed by atoms with Gasteiger partial charge in [0.1, 0.15) is 18.4 Å². The van der Waals surface area contributed by atoms with Crippen molar-refractivity contribution in [2.75, 3.05) is 7.11 Å². The van der Waals surface area contributed by atoms with Crippen LogP contribution in [0.3, 0.4) is 0 Å². The minimum absolute atomic E-state index is 0.402. The minimum atomic E-state index is 0.402. The smallest absolute Gasteiger partial charge is 0.138 e. The standard InChI is InChI=1S/C10H12N4O/c1-15-10-4-2-3-9(8(10)5-11)14-7-12-6-13-14/h2-4,6-7H,5,11H2,1H3. The van der Waals surface area contributed by atoms with Gasteiger partial charge in [-0.3, -0.25) is 0 Å². The maximum absolute atomic E-state index is 5.69. The van der Waals surface area contributed by atoms with Gasteiger partial charge in [0.2, 0.25) is 0 Å². The third-order valence-corrected chi connectivity index (χ3v) is 2.20. The highest BCUT2D eigenvalue weighted by Gasteiger charge is 2.08. The molecule has 0 saturated heterocycles. The maximum Gasteiger partial charge on any atom is 0.138 e. The molecule has 15 heavy (non-hydrogen) atoms. The van der Waals surface area contributed by atoms with Crippen LogP contribution in [0.15, 0.2) is 30.9 Å². The third-order valence-electron chi connectivity index (χ3n) is 2.20. The molecule has 0 aliphatic heterocycles. The van der Waals surface area contributed by atoms with Crippen LogP contribution in [0.2, 0.25) is 0 Å². The fourth-order valence-electron chi connectivity index (χ4n) is 1.50. The molecule has 0 radical (unpaired) electrons. The van der Waals surface area contributed by atoms with E-state index in [9.17, 15) is 0 Å². The van der Waals surface area contributed by atoms with E-state index < -0.39 is 0 Å². The molecule has 0 atom stereocenters. The Morgan fingerprint density at radius 3 is 2.93 bits per heavy atom. The zero-order valence-corrected chi connectivity index (χ0v) is 8.42. The number of benzene rings is 1. The molecule has 2 aromatic rings. The first-order valence-electron chi connectivity index (χ1n) is 4.57. The van der Waals surface area contributed by atoms with E-state index in [1.54, 1.807) is 18.1 Å². The van der Waals surface area contributed by atoms with E-state index in [0.29, 0.717) is 6.54 Å². The average molecular weight is 204 g/mol. The van der Waals surface area contributed by atoms with Crippen molar-refractivity contribution in [2.45, 2.75) is 6.54 Å². The summed E-state index contributed by atoms with van der Waals surface area (Å²) in [5.74, 6) is 0.769. The van der Waals surface area contributed by atoms with Crippen molar-refractivity contribution in [3.8, 4) is 11.4 Å².